The second kappa shape index (κ2) is 6.85. The van der Waals surface area contributed by atoms with E-state index in [0.717, 1.165) is 6.42 Å². The molecular weight excluding hydrogens is 280 g/mol. The summed E-state index contributed by atoms with van der Waals surface area (Å²) in [4.78, 5) is 3.62. The summed E-state index contributed by atoms with van der Waals surface area (Å²) in [5.41, 5.74) is 2.03. The van der Waals surface area contributed by atoms with Crippen molar-refractivity contribution >= 4 is 5.82 Å². The maximum Gasteiger partial charge on any atom is 0.258 e. The molecule has 0 aliphatic rings. The van der Waals surface area contributed by atoms with Crippen LogP contribution in [0.3, 0.4) is 0 Å². The lowest BCUT2D eigenvalue weighted by Gasteiger charge is -2.09. The minimum Gasteiger partial charge on any atom is -0.494 e. The number of halogens is 2. The SMILES string of the molecule is CCCOc1ccc(Oc2nc(NN)c(F)cc2F)cc1. The average molecular weight is 295 g/mol. The highest BCUT2D eigenvalue weighted by molar-refractivity contribution is 5.40. The van der Waals surface area contributed by atoms with Gasteiger partial charge in [-0.05, 0) is 30.7 Å². The molecule has 0 saturated carbocycles. The van der Waals surface area contributed by atoms with Crippen molar-refractivity contribution < 1.29 is 18.3 Å². The van der Waals surface area contributed by atoms with Crippen molar-refractivity contribution in [3.8, 4) is 17.4 Å². The van der Waals surface area contributed by atoms with E-state index in [0.29, 0.717) is 24.2 Å². The van der Waals surface area contributed by atoms with Crippen molar-refractivity contribution in [1.29, 1.82) is 0 Å². The monoisotopic (exact) mass is 295 g/mol. The number of pyridine rings is 1. The number of hydrazine groups is 1. The standard InChI is InChI=1S/C14H15F2N3O2/c1-2-7-20-9-3-5-10(6-4-9)21-14-12(16)8-11(15)13(18-14)19-17/h3-6,8H,2,7,17H2,1H3,(H,18,19). The number of benzene rings is 1. The number of hydrogen-bond donors (Lipinski definition) is 2. The van der Waals surface area contributed by atoms with Crippen LogP contribution in [0.4, 0.5) is 14.6 Å². The van der Waals surface area contributed by atoms with Crippen LogP contribution >= 0.6 is 0 Å². The van der Waals surface area contributed by atoms with Crippen LogP contribution in [-0.2, 0) is 0 Å². The smallest absolute Gasteiger partial charge is 0.258 e. The van der Waals surface area contributed by atoms with E-state index in [-0.39, 0.29) is 11.7 Å². The summed E-state index contributed by atoms with van der Waals surface area (Å²) in [6.07, 6.45) is 0.901. The Labute approximate surface area is 120 Å². The quantitative estimate of drug-likeness (QED) is 0.632. The Kier molecular flexibility index (Phi) is 4.89. The summed E-state index contributed by atoms with van der Waals surface area (Å²) in [7, 11) is 0. The normalized spacial score (nSPS) is 10.3. The molecule has 0 aliphatic heterocycles. The Balaban J connectivity index is 2.14. The third kappa shape index (κ3) is 3.79. The van der Waals surface area contributed by atoms with E-state index in [4.69, 9.17) is 15.3 Å². The van der Waals surface area contributed by atoms with Crippen molar-refractivity contribution in [1.82, 2.24) is 4.98 Å². The molecule has 0 unspecified atom stereocenters. The molecule has 0 atom stereocenters. The maximum absolute atomic E-state index is 13.6. The first-order valence-electron chi connectivity index (χ1n) is 6.37. The van der Waals surface area contributed by atoms with E-state index in [1.54, 1.807) is 24.3 Å². The molecule has 0 bridgehead atoms. The Morgan fingerprint density at radius 3 is 2.43 bits per heavy atom. The molecule has 0 amide bonds. The van der Waals surface area contributed by atoms with Gasteiger partial charge in [0, 0.05) is 6.07 Å². The topological polar surface area (TPSA) is 69.4 Å². The third-order valence-corrected chi connectivity index (χ3v) is 2.55. The van der Waals surface area contributed by atoms with E-state index >= 15 is 0 Å². The van der Waals surface area contributed by atoms with Gasteiger partial charge in [-0.2, -0.15) is 4.98 Å². The lowest BCUT2D eigenvalue weighted by atomic mass is 10.3. The Hall–Kier alpha value is -2.41. The van der Waals surface area contributed by atoms with Crippen LogP contribution in [0.2, 0.25) is 0 Å². The number of nitrogens with two attached hydrogens (primary N) is 1. The summed E-state index contributed by atoms with van der Waals surface area (Å²) >= 11 is 0. The van der Waals surface area contributed by atoms with Gasteiger partial charge in [-0.1, -0.05) is 6.92 Å². The van der Waals surface area contributed by atoms with E-state index in [1.807, 2.05) is 12.3 Å². The zero-order chi connectivity index (χ0) is 15.2. The van der Waals surface area contributed by atoms with Crippen molar-refractivity contribution in [2.45, 2.75) is 13.3 Å². The van der Waals surface area contributed by atoms with E-state index < -0.39 is 11.6 Å². The number of rotatable bonds is 6. The second-order valence-corrected chi connectivity index (χ2v) is 4.17. The number of hydrogen-bond acceptors (Lipinski definition) is 5. The molecule has 1 heterocycles. The van der Waals surface area contributed by atoms with Crippen molar-refractivity contribution in [3.05, 3.63) is 42.0 Å². The molecule has 0 saturated heterocycles. The van der Waals surface area contributed by atoms with Gasteiger partial charge in [0.1, 0.15) is 11.5 Å². The van der Waals surface area contributed by atoms with Gasteiger partial charge in [0.25, 0.3) is 5.88 Å². The fourth-order valence-electron chi connectivity index (χ4n) is 1.56. The molecule has 0 spiro atoms. The van der Waals surface area contributed by atoms with Gasteiger partial charge in [-0.25, -0.2) is 14.6 Å². The summed E-state index contributed by atoms with van der Waals surface area (Å²) in [5.74, 6) is 3.63. The fourth-order valence-corrected chi connectivity index (χ4v) is 1.56. The fraction of sp³-hybridized carbons (Fsp3) is 0.214. The van der Waals surface area contributed by atoms with Crippen LogP contribution in [0.5, 0.6) is 17.4 Å². The zero-order valence-electron chi connectivity index (χ0n) is 11.4. The predicted molar refractivity (Wildman–Crippen MR) is 74.3 cm³/mol. The first-order valence-corrected chi connectivity index (χ1v) is 6.37. The number of ether oxygens (including phenoxy) is 2. The first-order chi connectivity index (χ1) is 10.1. The molecule has 0 radical (unpaired) electrons. The lowest BCUT2D eigenvalue weighted by molar-refractivity contribution is 0.317. The van der Waals surface area contributed by atoms with Crippen LogP contribution in [0.25, 0.3) is 0 Å². The molecular formula is C14H15F2N3O2. The molecule has 0 fully saturated rings. The Morgan fingerprint density at radius 2 is 1.81 bits per heavy atom. The molecule has 0 aliphatic carbocycles. The molecule has 3 N–H and O–H groups in total. The summed E-state index contributed by atoms with van der Waals surface area (Å²) in [6, 6.07) is 7.23. The minimum atomic E-state index is -0.919. The largest absolute Gasteiger partial charge is 0.494 e. The van der Waals surface area contributed by atoms with Crippen molar-refractivity contribution in [3.63, 3.8) is 0 Å². The van der Waals surface area contributed by atoms with Crippen LogP contribution in [0, 0.1) is 11.6 Å². The average Bonchev–Trinajstić information content (AvgIpc) is 2.49. The Bertz CT molecular complexity index is 606. The third-order valence-electron chi connectivity index (χ3n) is 2.55. The molecule has 2 rings (SSSR count). The summed E-state index contributed by atoms with van der Waals surface area (Å²) < 4.78 is 37.5. The molecule has 1 aromatic carbocycles. The molecule has 5 nitrogen and oxygen atoms in total. The van der Waals surface area contributed by atoms with Gasteiger partial charge in [-0.3, -0.25) is 0 Å². The van der Waals surface area contributed by atoms with Gasteiger partial charge in [0.15, 0.2) is 17.5 Å². The number of aromatic nitrogens is 1. The number of nitrogens with zero attached hydrogens (tertiary/aromatic N) is 1. The highest BCUT2D eigenvalue weighted by Gasteiger charge is 2.13. The molecule has 2 aromatic rings. The van der Waals surface area contributed by atoms with E-state index in [2.05, 4.69) is 4.98 Å². The van der Waals surface area contributed by atoms with Crippen LogP contribution in [-0.4, -0.2) is 11.6 Å². The van der Waals surface area contributed by atoms with Gasteiger partial charge in [0.2, 0.25) is 0 Å². The summed E-state index contributed by atoms with van der Waals surface area (Å²) in [5, 5.41) is 0. The van der Waals surface area contributed by atoms with E-state index in [1.165, 1.54) is 0 Å². The van der Waals surface area contributed by atoms with Crippen LogP contribution in [0.15, 0.2) is 30.3 Å². The Morgan fingerprint density at radius 1 is 1.14 bits per heavy atom. The van der Waals surface area contributed by atoms with Gasteiger partial charge in [-0.15, -0.1) is 0 Å². The minimum absolute atomic E-state index is 0.297. The van der Waals surface area contributed by atoms with Gasteiger partial charge in [0.05, 0.1) is 6.61 Å². The number of nitrogen functional groups attached to an aromatic ring is 1. The van der Waals surface area contributed by atoms with Gasteiger partial charge >= 0.3 is 0 Å². The summed E-state index contributed by atoms with van der Waals surface area (Å²) in [6.45, 7) is 2.61. The molecule has 112 valence electrons. The highest BCUT2D eigenvalue weighted by Crippen LogP contribution is 2.27. The molecule has 21 heavy (non-hydrogen) atoms. The number of nitrogens with one attached hydrogen (secondary N) is 1. The van der Waals surface area contributed by atoms with Crippen molar-refractivity contribution in [2.24, 2.45) is 5.84 Å². The molecule has 1 aromatic heterocycles. The maximum atomic E-state index is 13.6. The number of anilines is 1. The molecule has 7 heteroatoms. The van der Waals surface area contributed by atoms with Gasteiger partial charge < -0.3 is 14.9 Å². The van der Waals surface area contributed by atoms with Crippen LogP contribution in [0.1, 0.15) is 13.3 Å². The first kappa shape index (κ1) is 15.0. The zero-order valence-corrected chi connectivity index (χ0v) is 11.4. The highest BCUT2D eigenvalue weighted by atomic mass is 19.1. The second-order valence-electron chi connectivity index (χ2n) is 4.17. The predicted octanol–water partition coefficient (Wildman–Crippen LogP) is 3.23. The van der Waals surface area contributed by atoms with Crippen LogP contribution < -0.4 is 20.7 Å². The van der Waals surface area contributed by atoms with E-state index in [9.17, 15) is 8.78 Å². The lowest BCUT2D eigenvalue weighted by Crippen LogP contribution is -2.11. The van der Waals surface area contributed by atoms with Crippen molar-refractivity contribution in [2.75, 3.05) is 12.0 Å².